The zero-order chi connectivity index (χ0) is 23.5. The van der Waals surface area contributed by atoms with Crippen molar-refractivity contribution in [2.24, 2.45) is 15.8 Å². The maximum atomic E-state index is 9.83. The topological polar surface area (TPSA) is 58.4 Å². The van der Waals surface area contributed by atoms with E-state index in [0.29, 0.717) is 5.76 Å². The molecule has 2 aromatic carbocycles. The first-order chi connectivity index (χ1) is 15.0. The molecule has 1 N–H and O–H groups in total. The fourth-order valence-corrected chi connectivity index (χ4v) is 3.45. The van der Waals surface area contributed by atoms with Crippen molar-refractivity contribution in [3.05, 3.63) is 72.8 Å². The van der Waals surface area contributed by atoms with E-state index in [1.807, 2.05) is 45.3 Å². The summed E-state index contributed by atoms with van der Waals surface area (Å²) >= 11 is 0. The molecule has 0 atom stereocenters. The van der Waals surface area contributed by atoms with E-state index in [1.54, 1.807) is 13.1 Å². The molecule has 0 aliphatic heterocycles. The second kappa shape index (κ2) is 10.6. The first-order valence-electron chi connectivity index (χ1n) is 10.9. The minimum absolute atomic E-state index is 0. The van der Waals surface area contributed by atoms with Crippen LogP contribution in [0.5, 0.6) is 0 Å². The van der Waals surface area contributed by atoms with Crippen molar-refractivity contribution in [1.29, 1.82) is 0 Å². The van der Waals surface area contributed by atoms with Gasteiger partial charge in [-0.25, -0.2) is 0 Å². The van der Waals surface area contributed by atoms with Gasteiger partial charge in [0.1, 0.15) is 0 Å². The van der Waals surface area contributed by atoms with Gasteiger partial charge in [-0.2, -0.15) is 0 Å². The van der Waals surface area contributed by atoms with Gasteiger partial charge < -0.3 is 5.11 Å². The molecule has 0 spiro atoms. The summed E-state index contributed by atoms with van der Waals surface area (Å²) in [6.45, 7) is 12.2. The zero-order valence-electron chi connectivity index (χ0n) is 20.5. The third-order valence-corrected chi connectivity index (χ3v) is 5.38. The Morgan fingerprint density at radius 1 is 0.758 bits per heavy atom. The number of rotatable bonds is 1. The van der Waals surface area contributed by atoms with Crippen LogP contribution >= 0.6 is 0 Å². The summed E-state index contributed by atoms with van der Waals surface area (Å²) in [6, 6.07) is 16.6. The number of allylic oxidation sites excluding steroid dienone is 2. The van der Waals surface area contributed by atoms with Crippen molar-refractivity contribution < 1.29 is 26.2 Å². The molecule has 0 radical (unpaired) electrons. The molecule has 0 aliphatic rings. The Bertz CT molecular complexity index is 1240. The quantitative estimate of drug-likeness (QED) is 0.136. The molecule has 33 heavy (non-hydrogen) atoms. The van der Waals surface area contributed by atoms with Crippen LogP contribution in [0.4, 0.5) is 0 Å². The summed E-state index contributed by atoms with van der Waals surface area (Å²) < 4.78 is 0. The first-order valence-corrected chi connectivity index (χ1v) is 10.9. The normalized spacial score (nSPS) is 12.9. The van der Waals surface area contributed by atoms with Gasteiger partial charge in [0.15, 0.2) is 0 Å². The van der Waals surface area contributed by atoms with Crippen LogP contribution in [0.25, 0.3) is 32.6 Å². The number of hydrogen-bond donors (Lipinski definition) is 1. The van der Waals surface area contributed by atoms with E-state index in [4.69, 9.17) is 0 Å². The minimum Gasteiger partial charge on any atom is -0.512 e. The number of nitrogens with zero attached hydrogens (tertiary/aromatic N) is 3. The molecule has 0 saturated heterocycles. The maximum absolute atomic E-state index is 9.83. The van der Waals surface area contributed by atoms with E-state index in [9.17, 15) is 5.11 Å². The van der Waals surface area contributed by atoms with Gasteiger partial charge in [-0.15, -0.1) is 0 Å². The van der Waals surface area contributed by atoms with E-state index in [-0.39, 0.29) is 31.9 Å². The number of aliphatic hydroxyl groups excluding tert-OH is 1. The molecule has 2 heterocycles. The molecule has 4 rings (SSSR count). The number of aliphatic hydroxyl groups is 1. The third-order valence-electron chi connectivity index (χ3n) is 5.38. The number of aromatic nitrogens is 2. The predicted molar refractivity (Wildman–Crippen MR) is 138 cm³/mol. The van der Waals surface area contributed by atoms with E-state index < -0.39 is 0 Å². The molecular formula is C28H33N3OPt. The standard InChI is InChI=1S/C16H10N2.C12H23NO.Pt/c1-3-12-7-5-11-6-8-13-4-2-10-18-16(13)14(11)15(12)17-9-1;1-11(2,3)9(13-7)8-10(14)12(4,5)6;/h1-10H;8,14H,1-7H3;/b;10-8-,13-9?;. The first kappa shape index (κ1) is 26.7. The molecule has 0 aliphatic carbocycles. The minimum atomic E-state index is -0.207. The molecular weight excluding hydrogens is 589 g/mol. The van der Waals surface area contributed by atoms with Gasteiger partial charge in [0, 0.05) is 73.2 Å². The molecule has 0 bridgehead atoms. The van der Waals surface area contributed by atoms with Crippen LogP contribution in [0.3, 0.4) is 0 Å². The predicted octanol–water partition coefficient (Wildman–Crippen LogP) is 7.53. The van der Waals surface area contributed by atoms with Crippen LogP contribution in [-0.2, 0) is 21.1 Å². The SMILES string of the molecule is CN=C(/C=C(\O)C(C)(C)C)C(C)(C)C.[Pt].c1cnc2c(c1)ccc1ccc3cccnc3c12. The van der Waals surface area contributed by atoms with Crippen molar-refractivity contribution in [2.75, 3.05) is 7.05 Å². The van der Waals surface area contributed by atoms with Crippen LogP contribution in [0.1, 0.15) is 41.5 Å². The van der Waals surface area contributed by atoms with E-state index in [2.05, 4.69) is 72.1 Å². The Kier molecular flexibility index (Phi) is 8.54. The second-order valence-corrected chi connectivity index (χ2v) is 10.0. The van der Waals surface area contributed by atoms with Crippen LogP contribution < -0.4 is 0 Å². The number of benzene rings is 2. The average Bonchev–Trinajstić information content (AvgIpc) is 2.75. The monoisotopic (exact) mass is 622 g/mol. The molecule has 4 aromatic rings. The van der Waals surface area contributed by atoms with Gasteiger partial charge in [0.2, 0.25) is 0 Å². The molecule has 0 amide bonds. The van der Waals surface area contributed by atoms with E-state index in [1.165, 1.54) is 5.39 Å². The molecule has 2 aromatic heterocycles. The maximum Gasteiger partial charge on any atom is 0.0994 e. The molecule has 0 saturated carbocycles. The molecule has 5 heteroatoms. The van der Waals surface area contributed by atoms with Gasteiger partial charge in [0.25, 0.3) is 0 Å². The van der Waals surface area contributed by atoms with Gasteiger partial charge in [-0.1, -0.05) is 77.9 Å². The Balaban J connectivity index is 0.000000236. The number of pyridine rings is 2. The van der Waals surface area contributed by atoms with Crippen molar-refractivity contribution >= 4 is 38.3 Å². The Labute approximate surface area is 211 Å². The van der Waals surface area contributed by atoms with Crippen molar-refractivity contribution in [3.63, 3.8) is 0 Å². The molecule has 0 fully saturated rings. The summed E-state index contributed by atoms with van der Waals surface area (Å²) in [5, 5.41) is 14.5. The van der Waals surface area contributed by atoms with Gasteiger partial charge in [-0.3, -0.25) is 15.0 Å². The van der Waals surface area contributed by atoms with Crippen molar-refractivity contribution in [3.8, 4) is 0 Å². The smallest absolute Gasteiger partial charge is 0.0994 e. The van der Waals surface area contributed by atoms with Crippen LogP contribution in [-0.4, -0.2) is 27.8 Å². The largest absolute Gasteiger partial charge is 0.512 e. The summed E-state index contributed by atoms with van der Waals surface area (Å²) in [6.07, 6.45) is 5.45. The fraction of sp³-hybridized carbons (Fsp3) is 0.321. The molecule has 4 nitrogen and oxygen atoms in total. The number of fused-ring (bicyclic) bond motifs is 5. The molecule has 0 unspecified atom stereocenters. The summed E-state index contributed by atoms with van der Waals surface area (Å²) in [5.74, 6) is 0.382. The Morgan fingerprint density at radius 3 is 1.61 bits per heavy atom. The fourth-order valence-electron chi connectivity index (χ4n) is 3.45. The Morgan fingerprint density at radius 2 is 1.21 bits per heavy atom. The number of aliphatic imine (C=N–C) groups is 1. The Hall–Kier alpha value is -2.58. The average molecular weight is 623 g/mol. The number of hydrogen-bond acceptors (Lipinski definition) is 4. The van der Waals surface area contributed by atoms with Gasteiger partial charge >= 0.3 is 0 Å². The van der Waals surface area contributed by atoms with Crippen molar-refractivity contribution in [1.82, 2.24) is 9.97 Å². The van der Waals surface area contributed by atoms with E-state index in [0.717, 1.165) is 32.9 Å². The van der Waals surface area contributed by atoms with Gasteiger partial charge in [-0.05, 0) is 23.6 Å². The summed E-state index contributed by atoms with van der Waals surface area (Å²) in [4.78, 5) is 13.2. The van der Waals surface area contributed by atoms with Crippen LogP contribution in [0.15, 0.2) is 77.8 Å². The summed E-state index contributed by atoms with van der Waals surface area (Å²) in [5.41, 5.74) is 2.75. The van der Waals surface area contributed by atoms with Crippen LogP contribution in [0, 0.1) is 10.8 Å². The second-order valence-electron chi connectivity index (χ2n) is 10.0. The molecule has 176 valence electrons. The third kappa shape index (κ3) is 6.26. The van der Waals surface area contributed by atoms with Crippen LogP contribution in [0.2, 0.25) is 0 Å². The van der Waals surface area contributed by atoms with Crippen molar-refractivity contribution in [2.45, 2.75) is 41.5 Å². The van der Waals surface area contributed by atoms with E-state index >= 15 is 0 Å². The zero-order valence-corrected chi connectivity index (χ0v) is 22.7. The summed E-state index contributed by atoms with van der Waals surface area (Å²) in [7, 11) is 1.76. The van der Waals surface area contributed by atoms with Gasteiger partial charge in [0.05, 0.1) is 16.8 Å².